The quantitative estimate of drug-likeness (QED) is 0.657. The van der Waals surface area contributed by atoms with E-state index in [9.17, 15) is 22.8 Å². The van der Waals surface area contributed by atoms with E-state index in [1.165, 1.54) is 6.92 Å². The molecule has 0 spiro atoms. The predicted octanol–water partition coefficient (Wildman–Crippen LogP) is 4.55. The van der Waals surface area contributed by atoms with Gasteiger partial charge in [-0.05, 0) is 68.9 Å². The molecule has 1 unspecified atom stereocenters. The van der Waals surface area contributed by atoms with Gasteiger partial charge in [-0.15, -0.1) is 0 Å². The Morgan fingerprint density at radius 1 is 1.10 bits per heavy atom. The van der Waals surface area contributed by atoms with Crippen LogP contribution in [-0.2, 0) is 9.59 Å². The minimum absolute atomic E-state index is 0.0412. The number of hydrogen-bond donors (Lipinski definition) is 2. The van der Waals surface area contributed by atoms with Gasteiger partial charge in [-0.1, -0.05) is 11.6 Å². The molecule has 3 atom stereocenters. The summed E-state index contributed by atoms with van der Waals surface area (Å²) in [5, 5.41) is 5.52. The van der Waals surface area contributed by atoms with Gasteiger partial charge in [-0.3, -0.25) is 9.59 Å². The Bertz CT molecular complexity index is 870. The van der Waals surface area contributed by atoms with Crippen molar-refractivity contribution in [3.05, 3.63) is 34.4 Å². The van der Waals surface area contributed by atoms with Crippen LogP contribution in [0.3, 0.4) is 0 Å². The topological polar surface area (TPSA) is 58.2 Å². The SMILES string of the molecule is CC(=O)N[C@H]1CC[C@H](NC(=O)C(c2c(F)ccc(Cl)c2F)C23CCC(F)(CC2)C3)C1. The summed E-state index contributed by atoms with van der Waals surface area (Å²) in [7, 11) is 0. The number of carbonyl (C=O) groups excluding carboxylic acids is 2. The van der Waals surface area contributed by atoms with E-state index in [4.69, 9.17) is 11.6 Å². The van der Waals surface area contributed by atoms with Gasteiger partial charge in [0.1, 0.15) is 17.3 Å². The van der Waals surface area contributed by atoms with E-state index in [1.54, 1.807) is 0 Å². The maximum atomic E-state index is 15.0. The number of fused-ring (bicyclic) bond motifs is 2. The molecule has 3 aliphatic carbocycles. The highest BCUT2D eigenvalue weighted by Gasteiger charge is 2.61. The Balaban J connectivity index is 1.63. The van der Waals surface area contributed by atoms with Crippen molar-refractivity contribution in [3.63, 3.8) is 0 Å². The predicted molar refractivity (Wildman–Crippen MR) is 107 cm³/mol. The van der Waals surface area contributed by atoms with Crippen LogP contribution in [-0.4, -0.2) is 29.6 Å². The van der Waals surface area contributed by atoms with Crippen molar-refractivity contribution in [2.24, 2.45) is 5.41 Å². The molecule has 1 aromatic carbocycles. The van der Waals surface area contributed by atoms with Gasteiger partial charge in [0.25, 0.3) is 0 Å². The minimum Gasteiger partial charge on any atom is -0.354 e. The monoisotopic (exact) mass is 442 g/mol. The molecule has 0 saturated heterocycles. The average Bonchev–Trinajstić information content (AvgIpc) is 3.34. The van der Waals surface area contributed by atoms with Crippen molar-refractivity contribution in [3.8, 4) is 0 Å². The van der Waals surface area contributed by atoms with Crippen LogP contribution in [0.2, 0.25) is 5.02 Å². The zero-order valence-electron chi connectivity index (χ0n) is 16.9. The highest BCUT2D eigenvalue weighted by molar-refractivity contribution is 6.30. The molecule has 3 aliphatic rings. The fourth-order valence-corrected chi connectivity index (χ4v) is 6.07. The molecule has 2 bridgehead atoms. The molecular formula is C22H26ClF3N2O2. The van der Waals surface area contributed by atoms with Crippen LogP contribution in [0.1, 0.15) is 69.8 Å². The summed E-state index contributed by atoms with van der Waals surface area (Å²) in [4.78, 5) is 24.7. The highest BCUT2D eigenvalue weighted by atomic mass is 35.5. The first kappa shape index (κ1) is 21.5. The zero-order valence-corrected chi connectivity index (χ0v) is 17.6. The molecule has 0 heterocycles. The van der Waals surface area contributed by atoms with Gasteiger partial charge in [0.2, 0.25) is 11.8 Å². The van der Waals surface area contributed by atoms with E-state index in [2.05, 4.69) is 10.6 Å². The first-order valence-corrected chi connectivity index (χ1v) is 10.9. The normalized spacial score (nSPS) is 33.5. The summed E-state index contributed by atoms with van der Waals surface area (Å²) in [5.41, 5.74) is -2.54. The van der Waals surface area contributed by atoms with Gasteiger partial charge in [0.15, 0.2) is 0 Å². The van der Waals surface area contributed by atoms with Crippen molar-refractivity contribution in [1.29, 1.82) is 0 Å². The van der Waals surface area contributed by atoms with Crippen LogP contribution >= 0.6 is 11.6 Å². The largest absolute Gasteiger partial charge is 0.354 e. The molecule has 8 heteroatoms. The average molecular weight is 443 g/mol. The summed E-state index contributed by atoms with van der Waals surface area (Å²) in [6.07, 6.45) is 3.47. The Morgan fingerprint density at radius 3 is 2.30 bits per heavy atom. The van der Waals surface area contributed by atoms with Crippen LogP contribution in [0.5, 0.6) is 0 Å². The lowest BCUT2D eigenvalue weighted by Crippen LogP contribution is -2.44. The molecule has 4 rings (SSSR count). The minimum atomic E-state index is -1.37. The van der Waals surface area contributed by atoms with Gasteiger partial charge in [-0.25, -0.2) is 13.2 Å². The number of benzene rings is 1. The molecule has 164 valence electrons. The summed E-state index contributed by atoms with van der Waals surface area (Å²) in [5.74, 6) is -3.55. The summed E-state index contributed by atoms with van der Waals surface area (Å²) in [6.45, 7) is 1.44. The smallest absolute Gasteiger partial charge is 0.228 e. The molecule has 0 aliphatic heterocycles. The lowest BCUT2D eigenvalue weighted by molar-refractivity contribution is -0.126. The standard InChI is InChI=1S/C22H26ClF3N2O2/c1-12(29)27-13-2-3-14(10-13)28-20(30)18(17-16(24)5-4-15(23)19(17)25)21-6-8-22(26,11-21)9-7-21/h4-5,13-14,18H,2-3,6-11H2,1H3,(H,27,29)(H,28,30)/t13-,14-,18?,21?,22?/m0/s1. The maximum absolute atomic E-state index is 15.0. The van der Waals surface area contributed by atoms with Crippen molar-refractivity contribution in [2.45, 2.75) is 82.0 Å². The third-order valence-electron chi connectivity index (χ3n) is 7.24. The van der Waals surface area contributed by atoms with Gasteiger partial charge in [0.05, 0.1) is 10.9 Å². The van der Waals surface area contributed by atoms with E-state index in [-0.39, 0.29) is 35.0 Å². The fraction of sp³-hybridized carbons (Fsp3) is 0.636. The van der Waals surface area contributed by atoms with Crippen molar-refractivity contribution in [1.82, 2.24) is 10.6 Å². The third-order valence-corrected chi connectivity index (χ3v) is 7.53. The van der Waals surface area contributed by atoms with Crippen molar-refractivity contribution >= 4 is 23.4 Å². The molecule has 0 radical (unpaired) electrons. The molecule has 2 N–H and O–H groups in total. The third kappa shape index (κ3) is 3.81. The number of halogens is 4. The molecular weight excluding hydrogens is 417 g/mol. The molecule has 3 fully saturated rings. The number of nitrogens with one attached hydrogen (secondary N) is 2. The molecule has 1 aromatic rings. The lowest BCUT2D eigenvalue weighted by atomic mass is 9.69. The van der Waals surface area contributed by atoms with Crippen molar-refractivity contribution in [2.75, 3.05) is 0 Å². The van der Waals surface area contributed by atoms with E-state index < -0.39 is 34.5 Å². The number of alkyl halides is 1. The Labute approximate surface area is 178 Å². The Hall–Kier alpha value is -1.76. The number of rotatable bonds is 5. The summed E-state index contributed by atoms with van der Waals surface area (Å²) in [6, 6.07) is 1.93. The lowest BCUT2D eigenvalue weighted by Gasteiger charge is -2.36. The first-order valence-electron chi connectivity index (χ1n) is 10.5. The van der Waals surface area contributed by atoms with Gasteiger partial charge >= 0.3 is 0 Å². The number of hydrogen-bond acceptors (Lipinski definition) is 2. The van der Waals surface area contributed by atoms with Crippen molar-refractivity contribution < 1.29 is 22.8 Å². The second kappa shape index (κ2) is 7.74. The molecule has 3 saturated carbocycles. The van der Waals surface area contributed by atoms with E-state index in [0.29, 0.717) is 44.9 Å². The summed E-state index contributed by atoms with van der Waals surface area (Å²) < 4.78 is 44.7. The first-order chi connectivity index (χ1) is 14.1. The van der Waals surface area contributed by atoms with E-state index in [1.807, 2.05) is 0 Å². The second-order valence-electron chi connectivity index (χ2n) is 9.30. The highest BCUT2D eigenvalue weighted by Crippen LogP contribution is 2.64. The van der Waals surface area contributed by atoms with E-state index >= 15 is 0 Å². The Morgan fingerprint density at radius 2 is 1.73 bits per heavy atom. The van der Waals surface area contributed by atoms with Gasteiger partial charge in [-0.2, -0.15) is 0 Å². The van der Waals surface area contributed by atoms with Crippen LogP contribution in [0.15, 0.2) is 12.1 Å². The maximum Gasteiger partial charge on any atom is 0.228 e. The Kier molecular flexibility index (Phi) is 5.54. The van der Waals surface area contributed by atoms with Crippen LogP contribution < -0.4 is 10.6 Å². The zero-order chi connectivity index (χ0) is 21.7. The van der Waals surface area contributed by atoms with Crippen LogP contribution in [0.4, 0.5) is 13.2 Å². The second-order valence-corrected chi connectivity index (χ2v) is 9.70. The van der Waals surface area contributed by atoms with Crippen LogP contribution in [0, 0.1) is 17.0 Å². The van der Waals surface area contributed by atoms with Crippen LogP contribution in [0.25, 0.3) is 0 Å². The fourth-order valence-electron chi connectivity index (χ4n) is 5.91. The molecule has 4 nitrogen and oxygen atoms in total. The molecule has 2 amide bonds. The molecule has 30 heavy (non-hydrogen) atoms. The van der Waals surface area contributed by atoms with Gasteiger partial charge in [0, 0.05) is 24.6 Å². The summed E-state index contributed by atoms with van der Waals surface area (Å²) >= 11 is 5.92. The number of amides is 2. The number of carbonyl (C=O) groups is 2. The molecule has 0 aromatic heterocycles. The van der Waals surface area contributed by atoms with E-state index in [0.717, 1.165) is 12.1 Å². The van der Waals surface area contributed by atoms with Gasteiger partial charge < -0.3 is 10.6 Å².